The number of aromatic nitrogens is 1. The number of pyridine rings is 1. The topological polar surface area (TPSA) is 104 Å². The van der Waals surface area contributed by atoms with Gasteiger partial charge in [-0.15, -0.1) is 0 Å². The molecule has 0 bridgehead atoms. The summed E-state index contributed by atoms with van der Waals surface area (Å²) >= 11 is 5.77. The SMILES string of the molecule is COc1ccc(C(=O)COC(=O)CNC(=O)c2cc(Cl)ccn2)cc1OC. The van der Waals surface area contributed by atoms with Gasteiger partial charge in [0.05, 0.1) is 14.2 Å². The number of halogens is 1. The number of carbonyl (C=O) groups excluding carboxylic acids is 3. The molecule has 0 aliphatic rings. The second-order valence-corrected chi connectivity index (χ2v) is 5.63. The van der Waals surface area contributed by atoms with Crippen LogP contribution < -0.4 is 14.8 Å². The van der Waals surface area contributed by atoms with Gasteiger partial charge < -0.3 is 19.5 Å². The van der Waals surface area contributed by atoms with E-state index in [1.165, 1.54) is 44.7 Å². The number of methoxy groups -OCH3 is 2. The van der Waals surface area contributed by atoms with Crippen molar-refractivity contribution in [1.82, 2.24) is 10.3 Å². The minimum Gasteiger partial charge on any atom is -0.493 e. The van der Waals surface area contributed by atoms with E-state index < -0.39 is 30.8 Å². The Kier molecular flexibility index (Phi) is 7.13. The van der Waals surface area contributed by atoms with Gasteiger partial charge in [0, 0.05) is 16.8 Å². The Morgan fingerprint density at radius 3 is 2.48 bits per heavy atom. The van der Waals surface area contributed by atoms with Crippen molar-refractivity contribution in [2.45, 2.75) is 0 Å². The van der Waals surface area contributed by atoms with Gasteiger partial charge in [0.15, 0.2) is 23.9 Å². The molecule has 8 nitrogen and oxygen atoms in total. The standard InChI is InChI=1S/C18H17ClN2O6/c1-25-15-4-3-11(7-16(15)26-2)14(22)10-27-17(23)9-21-18(24)13-8-12(19)5-6-20-13/h3-8H,9-10H2,1-2H3,(H,21,24). The van der Waals surface area contributed by atoms with Crippen LogP contribution in [0.15, 0.2) is 36.5 Å². The van der Waals surface area contributed by atoms with Gasteiger partial charge in [0.1, 0.15) is 12.2 Å². The zero-order chi connectivity index (χ0) is 19.8. The molecule has 2 rings (SSSR count). The molecule has 0 spiro atoms. The van der Waals surface area contributed by atoms with Crippen molar-refractivity contribution in [3.05, 3.63) is 52.8 Å². The van der Waals surface area contributed by atoms with E-state index in [2.05, 4.69) is 10.3 Å². The van der Waals surface area contributed by atoms with Crippen LogP contribution in [0.3, 0.4) is 0 Å². The first-order valence-corrected chi connectivity index (χ1v) is 8.13. The van der Waals surface area contributed by atoms with Crippen LogP contribution >= 0.6 is 11.6 Å². The number of ether oxygens (including phenoxy) is 3. The van der Waals surface area contributed by atoms with Gasteiger partial charge in [-0.2, -0.15) is 0 Å². The zero-order valence-electron chi connectivity index (χ0n) is 14.7. The van der Waals surface area contributed by atoms with E-state index in [-0.39, 0.29) is 5.69 Å². The molecule has 2 aromatic rings. The maximum Gasteiger partial charge on any atom is 0.325 e. The largest absolute Gasteiger partial charge is 0.493 e. The Bertz CT molecular complexity index is 855. The molecule has 0 aliphatic carbocycles. The lowest BCUT2D eigenvalue weighted by molar-refractivity contribution is -0.141. The monoisotopic (exact) mass is 392 g/mol. The van der Waals surface area contributed by atoms with Gasteiger partial charge >= 0.3 is 5.97 Å². The van der Waals surface area contributed by atoms with Crippen LogP contribution in [0.2, 0.25) is 5.02 Å². The molecule has 0 fully saturated rings. The Morgan fingerprint density at radius 1 is 1.07 bits per heavy atom. The van der Waals surface area contributed by atoms with Crippen LogP contribution in [0, 0.1) is 0 Å². The Balaban J connectivity index is 1.84. The van der Waals surface area contributed by atoms with Crippen molar-refractivity contribution in [1.29, 1.82) is 0 Å². The summed E-state index contributed by atoms with van der Waals surface area (Å²) in [6, 6.07) is 7.48. The fourth-order valence-electron chi connectivity index (χ4n) is 2.06. The van der Waals surface area contributed by atoms with Gasteiger partial charge in [-0.25, -0.2) is 0 Å². The number of hydrogen-bond acceptors (Lipinski definition) is 7. The highest BCUT2D eigenvalue weighted by Gasteiger charge is 2.14. The lowest BCUT2D eigenvalue weighted by Crippen LogP contribution is -2.32. The maximum absolute atomic E-state index is 12.1. The van der Waals surface area contributed by atoms with Gasteiger partial charge in [0.2, 0.25) is 0 Å². The smallest absolute Gasteiger partial charge is 0.325 e. The maximum atomic E-state index is 12.1. The summed E-state index contributed by atoms with van der Waals surface area (Å²) in [5.41, 5.74) is 0.365. The Labute approximate surface area is 160 Å². The number of benzene rings is 1. The van der Waals surface area contributed by atoms with Crippen molar-refractivity contribution < 1.29 is 28.6 Å². The van der Waals surface area contributed by atoms with E-state index in [9.17, 15) is 14.4 Å². The van der Waals surface area contributed by atoms with Gasteiger partial charge in [-0.3, -0.25) is 19.4 Å². The highest BCUT2D eigenvalue weighted by Crippen LogP contribution is 2.27. The molecule has 0 saturated heterocycles. The number of ketones is 1. The van der Waals surface area contributed by atoms with Crippen LogP contribution in [-0.2, 0) is 9.53 Å². The summed E-state index contributed by atoms with van der Waals surface area (Å²) in [5, 5.41) is 2.69. The lowest BCUT2D eigenvalue weighted by Gasteiger charge is -2.09. The molecule has 0 aliphatic heterocycles. The molecule has 0 atom stereocenters. The number of nitrogens with zero attached hydrogens (tertiary/aromatic N) is 1. The fraction of sp³-hybridized carbons (Fsp3) is 0.222. The number of carbonyl (C=O) groups is 3. The van der Waals surface area contributed by atoms with E-state index in [4.69, 9.17) is 25.8 Å². The Morgan fingerprint density at radius 2 is 1.81 bits per heavy atom. The molecule has 0 unspecified atom stereocenters. The van der Waals surface area contributed by atoms with Crippen molar-refractivity contribution in [3.8, 4) is 11.5 Å². The van der Waals surface area contributed by atoms with Gasteiger partial charge in [-0.1, -0.05) is 11.6 Å². The van der Waals surface area contributed by atoms with E-state index in [1.807, 2.05) is 0 Å². The van der Waals surface area contributed by atoms with Crippen LogP contribution in [0.4, 0.5) is 0 Å². The fourth-order valence-corrected chi connectivity index (χ4v) is 2.22. The molecule has 142 valence electrons. The third-order valence-corrected chi connectivity index (χ3v) is 3.65. The van der Waals surface area contributed by atoms with E-state index in [0.717, 1.165) is 0 Å². The highest BCUT2D eigenvalue weighted by molar-refractivity contribution is 6.30. The predicted octanol–water partition coefficient (Wildman–Crippen LogP) is 1.91. The number of Topliss-reactive ketones (excluding diaryl/α,β-unsaturated/α-hetero) is 1. The van der Waals surface area contributed by atoms with E-state index in [1.54, 1.807) is 6.07 Å². The summed E-state index contributed by atoms with van der Waals surface area (Å²) < 4.78 is 15.1. The first-order valence-electron chi connectivity index (χ1n) is 7.75. The third-order valence-electron chi connectivity index (χ3n) is 3.42. The number of hydrogen-bond donors (Lipinski definition) is 1. The molecular formula is C18H17ClN2O6. The van der Waals surface area contributed by atoms with Crippen LogP contribution in [0.25, 0.3) is 0 Å². The molecule has 1 N–H and O–H groups in total. The molecule has 27 heavy (non-hydrogen) atoms. The Hall–Kier alpha value is -3.13. The highest BCUT2D eigenvalue weighted by atomic mass is 35.5. The molecular weight excluding hydrogens is 376 g/mol. The zero-order valence-corrected chi connectivity index (χ0v) is 15.4. The average molecular weight is 393 g/mol. The van der Waals surface area contributed by atoms with Crippen LogP contribution in [0.5, 0.6) is 11.5 Å². The summed E-state index contributed by atoms with van der Waals surface area (Å²) in [7, 11) is 2.93. The molecule has 1 aromatic heterocycles. The molecule has 1 aromatic carbocycles. The van der Waals surface area contributed by atoms with E-state index in [0.29, 0.717) is 22.1 Å². The van der Waals surface area contributed by atoms with Crippen molar-refractivity contribution >= 4 is 29.3 Å². The quantitative estimate of drug-likeness (QED) is 0.540. The predicted molar refractivity (Wildman–Crippen MR) is 96.4 cm³/mol. The summed E-state index contributed by atoms with van der Waals surface area (Å²) in [6.07, 6.45) is 1.37. The summed E-state index contributed by atoms with van der Waals surface area (Å²) in [6.45, 7) is -0.883. The van der Waals surface area contributed by atoms with Gasteiger partial charge in [-0.05, 0) is 30.3 Å². The number of amides is 1. The lowest BCUT2D eigenvalue weighted by atomic mass is 10.1. The molecule has 1 heterocycles. The van der Waals surface area contributed by atoms with Crippen molar-refractivity contribution in [2.24, 2.45) is 0 Å². The minimum atomic E-state index is -0.765. The number of rotatable bonds is 8. The van der Waals surface area contributed by atoms with Crippen LogP contribution in [-0.4, -0.2) is 50.0 Å². The number of nitrogens with one attached hydrogen (secondary N) is 1. The summed E-state index contributed by atoms with van der Waals surface area (Å²) in [4.78, 5) is 39.5. The molecule has 9 heteroatoms. The van der Waals surface area contributed by atoms with Crippen LogP contribution in [0.1, 0.15) is 20.8 Å². The summed E-state index contributed by atoms with van der Waals surface area (Å²) in [5.74, 6) is -0.911. The molecule has 0 saturated carbocycles. The first-order chi connectivity index (χ1) is 12.9. The minimum absolute atomic E-state index is 0.0664. The third kappa shape index (κ3) is 5.68. The van der Waals surface area contributed by atoms with E-state index >= 15 is 0 Å². The molecule has 1 amide bonds. The average Bonchev–Trinajstić information content (AvgIpc) is 2.69. The second kappa shape index (κ2) is 9.54. The normalized spacial score (nSPS) is 10.0. The number of esters is 1. The molecule has 0 radical (unpaired) electrons. The first kappa shape index (κ1) is 20.2. The van der Waals surface area contributed by atoms with Crippen molar-refractivity contribution in [3.63, 3.8) is 0 Å². The van der Waals surface area contributed by atoms with Crippen molar-refractivity contribution in [2.75, 3.05) is 27.4 Å². The second-order valence-electron chi connectivity index (χ2n) is 5.20. The van der Waals surface area contributed by atoms with Gasteiger partial charge in [0.25, 0.3) is 5.91 Å².